The highest BCUT2D eigenvalue weighted by Crippen LogP contribution is 2.42. The van der Waals surface area contributed by atoms with Gasteiger partial charge in [0, 0.05) is 28.0 Å². The molecule has 0 aliphatic carbocycles. The summed E-state index contributed by atoms with van der Waals surface area (Å²) in [5.41, 5.74) is 2.97. The van der Waals surface area contributed by atoms with Gasteiger partial charge < -0.3 is 15.4 Å². The molecule has 3 heterocycles. The fourth-order valence-corrected chi connectivity index (χ4v) is 5.22. The molecule has 1 amide bonds. The number of anilines is 1. The Morgan fingerprint density at radius 1 is 1.40 bits per heavy atom. The number of carbonyl (C=O) groups is 1. The fourth-order valence-electron chi connectivity index (χ4n) is 3.52. The van der Waals surface area contributed by atoms with E-state index in [-0.39, 0.29) is 12.1 Å². The van der Waals surface area contributed by atoms with Crippen LogP contribution in [0.4, 0.5) is 5.00 Å². The summed E-state index contributed by atoms with van der Waals surface area (Å²) in [4.78, 5) is 16.5. The number of methoxy groups -OCH3 is 1. The van der Waals surface area contributed by atoms with Crippen molar-refractivity contribution in [2.24, 2.45) is 0 Å². The van der Waals surface area contributed by atoms with Crippen molar-refractivity contribution in [3.05, 3.63) is 44.2 Å². The van der Waals surface area contributed by atoms with Crippen molar-refractivity contribution in [3.8, 4) is 5.75 Å². The molecule has 5 nitrogen and oxygen atoms in total. The number of hydrogen-bond donors (Lipinski definition) is 2. The van der Waals surface area contributed by atoms with E-state index in [1.165, 1.54) is 10.4 Å². The zero-order valence-corrected chi connectivity index (χ0v) is 16.6. The van der Waals surface area contributed by atoms with Crippen LogP contribution in [0.2, 0.25) is 0 Å². The number of hydrogen-bond acceptors (Lipinski definition) is 5. The van der Waals surface area contributed by atoms with Crippen molar-refractivity contribution >= 4 is 38.2 Å². The van der Waals surface area contributed by atoms with Gasteiger partial charge in [-0.05, 0) is 36.7 Å². The van der Waals surface area contributed by atoms with Crippen LogP contribution in [0, 0.1) is 0 Å². The predicted molar refractivity (Wildman–Crippen MR) is 103 cm³/mol. The van der Waals surface area contributed by atoms with Crippen molar-refractivity contribution < 1.29 is 9.53 Å². The van der Waals surface area contributed by atoms with E-state index in [1.807, 2.05) is 18.2 Å². The summed E-state index contributed by atoms with van der Waals surface area (Å²) >= 11 is 5.21. The Bertz CT molecular complexity index is 836. The number of likely N-dealkylation sites (N-methyl/N-ethyl adjacent to an activating group) is 1. The Balaban J connectivity index is 1.70. The number of nitrogens with one attached hydrogen (secondary N) is 2. The van der Waals surface area contributed by atoms with E-state index in [2.05, 4.69) is 38.4 Å². The number of thiophene rings is 1. The molecule has 1 aromatic carbocycles. The molecule has 2 N–H and O–H groups in total. The second-order valence-corrected chi connectivity index (χ2v) is 8.28. The molecule has 0 spiro atoms. The lowest BCUT2D eigenvalue weighted by Gasteiger charge is -2.28. The molecule has 2 aliphatic heterocycles. The molecule has 0 unspecified atom stereocenters. The molecule has 132 valence electrons. The third-order valence-electron chi connectivity index (χ3n) is 4.86. The van der Waals surface area contributed by atoms with Gasteiger partial charge in [0.1, 0.15) is 16.9 Å². The highest BCUT2D eigenvalue weighted by Gasteiger charge is 2.34. The highest BCUT2D eigenvalue weighted by molar-refractivity contribution is 9.10. The number of halogens is 1. The Hall–Kier alpha value is -1.57. The SMILES string of the molecule is CCN1CCc2c(sc3c2C(=O)N[C@H](c2cc(Br)ccc2OC)N3)C1. The van der Waals surface area contributed by atoms with Crippen LogP contribution in [0.1, 0.15) is 39.5 Å². The number of amides is 1. The normalized spacial score (nSPS) is 19.6. The number of nitrogens with zero attached hydrogens (tertiary/aromatic N) is 1. The van der Waals surface area contributed by atoms with Crippen LogP contribution in [0.25, 0.3) is 0 Å². The van der Waals surface area contributed by atoms with E-state index in [0.29, 0.717) is 0 Å². The molecule has 0 radical (unpaired) electrons. The first kappa shape index (κ1) is 16.9. The maximum Gasteiger partial charge on any atom is 0.256 e. The molecule has 0 saturated heterocycles. The summed E-state index contributed by atoms with van der Waals surface area (Å²) in [7, 11) is 1.64. The monoisotopic (exact) mass is 421 g/mol. The first-order chi connectivity index (χ1) is 12.1. The standard InChI is InChI=1S/C18H20BrN3O2S/c1-3-22-7-6-11-14(9-22)25-18-15(11)17(23)20-16(21-18)12-8-10(19)4-5-13(12)24-2/h4-5,8,16,21H,3,6-7,9H2,1-2H3,(H,20,23)/t16-/m0/s1. The van der Waals surface area contributed by atoms with E-state index >= 15 is 0 Å². The Kier molecular flexibility index (Phi) is 4.47. The number of benzene rings is 1. The molecule has 2 aliphatic rings. The van der Waals surface area contributed by atoms with E-state index in [9.17, 15) is 4.79 Å². The van der Waals surface area contributed by atoms with Crippen LogP contribution in [0.3, 0.4) is 0 Å². The van der Waals surface area contributed by atoms with Crippen molar-refractivity contribution in [2.75, 3.05) is 25.5 Å². The van der Waals surface area contributed by atoms with Crippen LogP contribution in [-0.2, 0) is 13.0 Å². The number of carbonyl (C=O) groups excluding carboxylic acids is 1. The smallest absolute Gasteiger partial charge is 0.256 e. The van der Waals surface area contributed by atoms with Crippen LogP contribution >= 0.6 is 27.3 Å². The second kappa shape index (κ2) is 6.63. The molecule has 25 heavy (non-hydrogen) atoms. The fraction of sp³-hybridized carbons (Fsp3) is 0.389. The summed E-state index contributed by atoms with van der Waals surface area (Å²) < 4.78 is 6.42. The van der Waals surface area contributed by atoms with Crippen LogP contribution < -0.4 is 15.4 Å². The summed E-state index contributed by atoms with van der Waals surface area (Å²) in [6.07, 6.45) is 0.643. The molecule has 0 bridgehead atoms. The molecular weight excluding hydrogens is 402 g/mol. The van der Waals surface area contributed by atoms with Gasteiger partial charge in [0.25, 0.3) is 5.91 Å². The molecule has 0 fully saturated rings. The lowest BCUT2D eigenvalue weighted by atomic mass is 10.00. The van der Waals surface area contributed by atoms with Gasteiger partial charge >= 0.3 is 0 Å². The van der Waals surface area contributed by atoms with Gasteiger partial charge in [0.15, 0.2) is 0 Å². The molecule has 4 rings (SSSR count). The first-order valence-electron chi connectivity index (χ1n) is 8.38. The van der Waals surface area contributed by atoms with E-state index < -0.39 is 0 Å². The Morgan fingerprint density at radius 2 is 2.24 bits per heavy atom. The summed E-state index contributed by atoms with van der Waals surface area (Å²) in [5.74, 6) is 0.756. The van der Waals surface area contributed by atoms with E-state index in [1.54, 1.807) is 18.4 Å². The average Bonchev–Trinajstić information content (AvgIpc) is 2.99. The van der Waals surface area contributed by atoms with Crippen molar-refractivity contribution in [3.63, 3.8) is 0 Å². The van der Waals surface area contributed by atoms with Gasteiger partial charge in [0.2, 0.25) is 0 Å². The van der Waals surface area contributed by atoms with E-state index in [4.69, 9.17) is 4.74 Å². The second-order valence-electron chi connectivity index (χ2n) is 6.26. The summed E-state index contributed by atoms with van der Waals surface area (Å²) in [6, 6.07) is 5.82. The minimum absolute atomic E-state index is 0.00299. The third-order valence-corrected chi connectivity index (χ3v) is 6.51. The number of rotatable bonds is 3. The molecule has 7 heteroatoms. The van der Waals surface area contributed by atoms with Gasteiger partial charge in [-0.15, -0.1) is 11.3 Å². The third kappa shape index (κ3) is 2.94. The lowest BCUT2D eigenvalue weighted by molar-refractivity contribution is 0.0934. The summed E-state index contributed by atoms with van der Waals surface area (Å²) in [5, 5.41) is 7.57. The lowest BCUT2D eigenvalue weighted by Crippen LogP contribution is -2.39. The molecule has 2 aromatic rings. The Morgan fingerprint density at radius 3 is 3.00 bits per heavy atom. The molecule has 1 atom stereocenters. The van der Waals surface area contributed by atoms with Crippen molar-refractivity contribution in [2.45, 2.75) is 26.1 Å². The predicted octanol–water partition coefficient (Wildman–Crippen LogP) is 3.75. The van der Waals surface area contributed by atoms with Crippen LogP contribution in [0.15, 0.2) is 22.7 Å². The zero-order valence-electron chi connectivity index (χ0n) is 14.2. The topological polar surface area (TPSA) is 53.6 Å². The first-order valence-corrected chi connectivity index (χ1v) is 9.99. The van der Waals surface area contributed by atoms with Crippen LogP contribution in [-0.4, -0.2) is 31.0 Å². The van der Waals surface area contributed by atoms with Crippen LogP contribution in [0.5, 0.6) is 5.75 Å². The number of fused-ring (bicyclic) bond motifs is 3. The molecular formula is C18H20BrN3O2S. The van der Waals surface area contributed by atoms with E-state index in [0.717, 1.165) is 52.4 Å². The minimum Gasteiger partial charge on any atom is -0.496 e. The number of ether oxygens (including phenoxy) is 1. The van der Waals surface area contributed by atoms with Gasteiger partial charge in [-0.2, -0.15) is 0 Å². The van der Waals surface area contributed by atoms with Gasteiger partial charge in [-0.1, -0.05) is 22.9 Å². The largest absolute Gasteiger partial charge is 0.496 e. The maximum atomic E-state index is 12.8. The highest BCUT2D eigenvalue weighted by atomic mass is 79.9. The van der Waals surface area contributed by atoms with Crippen molar-refractivity contribution in [1.29, 1.82) is 0 Å². The zero-order chi connectivity index (χ0) is 17.6. The van der Waals surface area contributed by atoms with Gasteiger partial charge in [-0.25, -0.2) is 0 Å². The van der Waals surface area contributed by atoms with Gasteiger partial charge in [-0.3, -0.25) is 9.69 Å². The molecule has 0 saturated carbocycles. The molecule has 1 aromatic heterocycles. The summed E-state index contributed by atoms with van der Waals surface area (Å²) in [6.45, 7) is 5.17. The Labute approximate surface area is 159 Å². The minimum atomic E-state index is -0.296. The van der Waals surface area contributed by atoms with Crippen molar-refractivity contribution in [1.82, 2.24) is 10.2 Å². The quantitative estimate of drug-likeness (QED) is 0.791. The van der Waals surface area contributed by atoms with Gasteiger partial charge in [0.05, 0.1) is 12.7 Å². The average molecular weight is 422 g/mol. The maximum absolute atomic E-state index is 12.8.